The van der Waals surface area contributed by atoms with E-state index in [1.165, 1.54) is 12.1 Å². The highest BCUT2D eigenvalue weighted by Crippen LogP contribution is 2.18. The lowest BCUT2D eigenvalue weighted by atomic mass is 10.2. The molecule has 0 saturated carbocycles. The number of benzene rings is 1. The number of nitrogens with one attached hydrogen (secondary N) is 1. The fourth-order valence-corrected chi connectivity index (χ4v) is 3.82. The Labute approximate surface area is 112 Å². The lowest BCUT2D eigenvalue weighted by molar-refractivity contribution is 0.304. The monoisotopic (exact) mass is 287 g/mol. The highest BCUT2D eigenvalue weighted by molar-refractivity contribution is 7.91. The maximum atomic E-state index is 13.0. The largest absolute Gasteiger partial charge is 0.492 e. The molecular weight excluding hydrogens is 269 g/mol. The van der Waals surface area contributed by atoms with Crippen molar-refractivity contribution in [3.63, 3.8) is 0 Å². The molecule has 6 heteroatoms. The minimum atomic E-state index is -2.85. The maximum absolute atomic E-state index is 13.0. The van der Waals surface area contributed by atoms with Crippen LogP contribution in [0.4, 0.5) is 4.39 Å². The molecule has 4 nitrogen and oxygen atoms in total. The van der Waals surface area contributed by atoms with Gasteiger partial charge in [-0.25, -0.2) is 12.8 Å². The number of halogens is 1. The van der Waals surface area contributed by atoms with E-state index in [0.29, 0.717) is 25.3 Å². The summed E-state index contributed by atoms with van der Waals surface area (Å²) in [4.78, 5) is 0. The van der Waals surface area contributed by atoms with Gasteiger partial charge in [0.1, 0.15) is 18.2 Å². The van der Waals surface area contributed by atoms with E-state index in [1.807, 2.05) is 6.92 Å². The molecule has 1 aromatic carbocycles. The molecule has 1 N–H and O–H groups in total. The van der Waals surface area contributed by atoms with Crippen molar-refractivity contribution in [2.75, 3.05) is 24.7 Å². The molecule has 0 aromatic heterocycles. The van der Waals surface area contributed by atoms with Crippen molar-refractivity contribution < 1.29 is 17.5 Å². The van der Waals surface area contributed by atoms with Gasteiger partial charge in [0.25, 0.3) is 0 Å². The lowest BCUT2D eigenvalue weighted by Crippen LogP contribution is -2.33. The molecular formula is C13H18FNO3S. The van der Waals surface area contributed by atoms with Crippen LogP contribution >= 0.6 is 0 Å². The van der Waals surface area contributed by atoms with Gasteiger partial charge in [-0.05, 0) is 25.0 Å². The van der Waals surface area contributed by atoms with E-state index in [-0.39, 0.29) is 23.4 Å². The first-order valence-corrected chi connectivity index (χ1v) is 8.11. The fraction of sp³-hybridized carbons (Fsp3) is 0.538. The van der Waals surface area contributed by atoms with Crippen LogP contribution in [0.2, 0.25) is 0 Å². The SMILES string of the molecule is Cc1ccc(F)cc1OCCNC1CCS(=O)(=O)C1. The summed E-state index contributed by atoms with van der Waals surface area (Å²) >= 11 is 0. The molecule has 19 heavy (non-hydrogen) atoms. The van der Waals surface area contributed by atoms with E-state index in [1.54, 1.807) is 6.07 Å². The Balaban J connectivity index is 1.74. The van der Waals surface area contributed by atoms with Crippen molar-refractivity contribution >= 4 is 9.84 Å². The molecule has 1 fully saturated rings. The van der Waals surface area contributed by atoms with E-state index < -0.39 is 9.84 Å². The van der Waals surface area contributed by atoms with Crippen LogP contribution in [-0.4, -0.2) is 39.1 Å². The van der Waals surface area contributed by atoms with E-state index in [4.69, 9.17) is 4.74 Å². The van der Waals surface area contributed by atoms with Crippen LogP contribution in [0.3, 0.4) is 0 Å². The number of hydrogen-bond acceptors (Lipinski definition) is 4. The first kappa shape index (κ1) is 14.3. The Kier molecular flexibility index (Phi) is 4.42. The van der Waals surface area contributed by atoms with Crippen LogP contribution in [0, 0.1) is 12.7 Å². The summed E-state index contributed by atoms with van der Waals surface area (Å²) in [6, 6.07) is 4.43. The van der Waals surface area contributed by atoms with E-state index in [0.717, 1.165) is 5.56 Å². The number of sulfone groups is 1. The van der Waals surface area contributed by atoms with Crippen LogP contribution in [0.15, 0.2) is 18.2 Å². The Morgan fingerprint density at radius 2 is 2.26 bits per heavy atom. The molecule has 2 rings (SSSR count). The van der Waals surface area contributed by atoms with Gasteiger partial charge in [-0.3, -0.25) is 0 Å². The zero-order valence-corrected chi connectivity index (χ0v) is 11.7. The standard InChI is InChI=1S/C13H18FNO3S/c1-10-2-3-11(14)8-13(10)18-6-5-15-12-4-7-19(16,17)9-12/h2-3,8,12,15H,4-7,9H2,1H3. The Bertz CT molecular complexity index is 545. The summed E-state index contributed by atoms with van der Waals surface area (Å²) in [7, 11) is -2.85. The highest BCUT2D eigenvalue weighted by atomic mass is 32.2. The van der Waals surface area contributed by atoms with E-state index >= 15 is 0 Å². The van der Waals surface area contributed by atoms with Crippen LogP contribution < -0.4 is 10.1 Å². The van der Waals surface area contributed by atoms with Crippen LogP contribution in [0.25, 0.3) is 0 Å². The van der Waals surface area contributed by atoms with Crippen LogP contribution in [-0.2, 0) is 9.84 Å². The van der Waals surface area contributed by atoms with Crippen molar-refractivity contribution in [2.24, 2.45) is 0 Å². The molecule has 1 aromatic rings. The first-order valence-electron chi connectivity index (χ1n) is 6.29. The Morgan fingerprint density at radius 3 is 2.95 bits per heavy atom. The summed E-state index contributed by atoms with van der Waals surface area (Å²) < 4.78 is 41.0. The van der Waals surface area contributed by atoms with Gasteiger partial charge >= 0.3 is 0 Å². The van der Waals surface area contributed by atoms with E-state index in [9.17, 15) is 12.8 Å². The quantitative estimate of drug-likeness (QED) is 0.829. The summed E-state index contributed by atoms with van der Waals surface area (Å²) in [5.74, 6) is 0.664. The Hall–Kier alpha value is -1.14. The number of rotatable bonds is 5. The van der Waals surface area contributed by atoms with Gasteiger partial charge < -0.3 is 10.1 Å². The van der Waals surface area contributed by atoms with Crippen molar-refractivity contribution in [3.8, 4) is 5.75 Å². The zero-order chi connectivity index (χ0) is 13.9. The van der Waals surface area contributed by atoms with Crippen molar-refractivity contribution in [1.82, 2.24) is 5.32 Å². The van der Waals surface area contributed by atoms with Crippen LogP contribution in [0.1, 0.15) is 12.0 Å². The number of aryl methyl sites for hydroxylation is 1. The molecule has 1 atom stereocenters. The molecule has 1 aliphatic heterocycles. The third-order valence-corrected chi connectivity index (χ3v) is 4.94. The predicted octanol–water partition coefficient (Wildman–Crippen LogP) is 1.29. The highest BCUT2D eigenvalue weighted by Gasteiger charge is 2.27. The first-order chi connectivity index (χ1) is 8.96. The number of ether oxygens (including phenoxy) is 1. The second kappa shape index (κ2) is 5.88. The topological polar surface area (TPSA) is 55.4 Å². The van der Waals surface area contributed by atoms with Crippen molar-refractivity contribution in [3.05, 3.63) is 29.6 Å². The molecule has 1 aliphatic rings. The van der Waals surface area contributed by atoms with Gasteiger partial charge in [0.2, 0.25) is 0 Å². The van der Waals surface area contributed by atoms with Gasteiger partial charge in [-0.1, -0.05) is 6.07 Å². The van der Waals surface area contributed by atoms with E-state index in [2.05, 4.69) is 5.32 Å². The van der Waals surface area contributed by atoms with Gasteiger partial charge in [0.05, 0.1) is 11.5 Å². The molecule has 106 valence electrons. The minimum absolute atomic E-state index is 0.0159. The third kappa shape index (κ3) is 4.18. The molecule has 0 aliphatic carbocycles. The molecule has 0 spiro atoms. The fourth-order valence-electron chi connectivity index (χ4n) is 2.11. The molecule has 0 amide bonds. The lowest BCUT2D eigenvalue weighted by Gasteiger charge is -2.12. The smallest absolute Gasteiger partial charge is 0.151 e. The summed E-state index contributed by atoms with van der Waals surface area (Å²) in [5.41, 5.74) is 0.879. The second-order valence-electron chi connectivity index (χ2n) is 4.81. The third-order valence-electron chi connectivity index (χ3n) is 3.18. The average molecular weight is 287 g/mol. The van der Waals surface area contributed by atoms with Gasteiger partial charge in [-0.15, -0.1) is 0 Å². The predicted molar refractivity (Wildman–Crippen MR) is 71.7 cm³/mol. The van der Waals surface area contributed by atoms with Gasteiger partial charge in [0, 0.05) is 18.7 Å². The average Bonchev–Trinajstić information content (AvgIpc) is 2.69. The van der Waals surface area contributed by atoms with Gasteiger partial charge in [0.15, 0.2) is 9.84 Å². The minimum Gasteiger partial charge on any atom is -0.492 e. The summed E-state index contributed by atoms with van der Waals surface area (Å²) in [6.45, 7) is 2.79. The Morgan fingerprint density at radius 1 is 1.47 bits per heavy atom. The normalized spacial score (nSPS) is 21.5. The van der Waals surface area contributed by atoms with Crippen LogP contribution in [0.5, 0.6) is 5.75 Å². The maximum Gasteiger partial charge on any atom is 0.151 e. The molecule has 0 bridgehead atoms. The number of hydrogen-bond donors (Lipinski definition) is 1. The summed E-state index contributed by atoms with van der Waals surface area (Å²) in [5, 5.41) is 3.14. The van der Waals surface area contributed by atoms with Crippen molar-refractivity contribution in [2.45, 2.75) is 19.4 Å². The molecule has 1 saturated heterocycles. The molecule has 0 radical (unpaired) electrons. The summed E-state index contributed by atoms with van der Waals surface area (Å²) in [6.07, 6.45) is 0.654. The van der Waals surface area contributed by atoms with Crippen molar-refractivity contribution in [1.29, 1.82) is 0 Å². The zero-order valence-electron chi connectivity index (χ0n) is 10.9. The van der Waals surface area contributed by atoms with Gasteiger partial charge in [-0.2, -0.15) is 0 Å². The molecule has 1 heterocycles. The second-order valence-corrected chi connectivity index (χ2v) is 7.04. The molecule has 1 unspecified atom stereocenters.